The van der Waals surface area contributed by atoms with E-state index >= 15 is 0 Å². The number of thiazole rings is 1. The van der Waals surface area contributed by atoms with Crippen LogP contribution in [0.1, 0.15) is 21.6 Å². The molecule has 1 amide bonds. The second-order valence-corrected chi connectivity index (χ2v) is 4.91. The smallest absolute Gasteiger partial charge is 0.259 e. The van der Waals surface area contributed by atoms with E-state index in [1.165, 1.54) is 11.3 Å². The lowest BCUT2D eigenvalue weighted by molar-refractivity contribution is 0.102. The van der Waals surface area contributed by atoms with Crippen LogP contribution in [0.3, 0.4) is 0 Å². The van der Waals surface area contributed by atoms with Gasteiger partial charge in [-0.05, 0) is 31.5 Å². The van der Waals surface area contributed by atoms with Crippen molar-refractivity contribution >= 4 is 28.1 Å². The summed E-state index contributed by atoms with van der Waals surface area (Å²) in [5.74, 6) is -0.145. The summed E-state index contributed by atoms with van der Waals surface area (Å²) in [5, 5.41) is 8.36. The summed E-state index contributed by atoms with van der Waals surface area (Å²) in [4.78, 5) is 16.3. The molecule has 4 nitrogen and oxygen atoms in total. The number of carbonyl (C=O) groups is 1. The first-order valence-corrected chi connectivity index (χ1v) is 6.50. The zero-order valence-corrected chi connectivity index (χ0v) is 11.4. The molecule has 0 unspecified atom stereocenters. The number of anilines is 2. The van der Waals surface area contributed by atoms with Crippen LogP contribution < -0.4 is 10.6 Å². The minimum Gasteiger partial charge on any atom is -0.387 e. The number of aryl methyl sites for hydroxylation is 2. The van der Waals surface area contributed by atoms with Crippen molar-refractivity contribution in [2.45, 2.75) is 13.8 Å². The van der Waals surface area contributed by atoms with Gasteiger partial charge in [0.2, 0.25) is 0 Å². The highest BCUT2D eigenvalue weighted by molar-refractivity contribution is 7.13. The Hall–Kier alpha value is -1.88. The van der Waals surface area contributed by atoms with Gasteiger partial charge in [0.1, 0.15) is 0 Å². The molecule has 94 valence electrons. The molecule has 0 radical (unpaired) electrons. The highest BCUT2D eigenvalue weighted by Gasteiger charge is 2.12. The molecule has 5 heteroatoms. The zero-order chi connectivity index (χ0) is 13.1. The molecule has 0 saturated carbocycles. The van der Waals surface area contributed by atoms with Crippen LogP contribution >= 0.6 is 11.3 Å². The number of carbonyl (C=O) groups excluding carboxylic acids is 1. The van der Waals surface area contributed by atoms with Crippen molar-refractivity contribution in [3.8, 4) is 0 Å². The highest BCUT2D eigenvalue weighted by Crippen LogP contribution is 2.20. The highest BCUT2D eigenvalue weighted by atomic mass is 32.1. The molecule has 1 aromatic heterocycles. The summed E-state index contributed by atoms with van der Waals surface area (Å²) in [7, 11) is 1.80. The Balaban J connectivity index is 2.23. The third kappa shape index (κ3) is 2.68. The minimum atomic E-state index is -0.145. The number of rotatable bonds is 3. The summed E-state index contributed by atoms with van der Waals surface area (Å²) < 4.78 is 0. The molecule has 0 aliphatic carbocycles. The molecule has 0 atom stereocenters. The number of nitrogens with zero attached hydrogens (tertiary/aromatic N) is 1. The van der Waals surface area contributed by atoms with Crippen molar-refractivity contribution in [3.05, 3.63) is 40.4 Å². The molecule has 1 aromatic carbocycles. The van der Waals surface area contributed by atoms with E-state index in [2.05, 4.69) is 15.6 Å². The number of nitrogens with one attached hydrogen (secondary N) is 2. The molecule has 0 saturated heterocycles. The molecule has 0 aliphatic rings. The summed E-state index contributed by atoms with van der Waals surface area (Å²) in [5.41, 5.74) is 3.46. The third-order valence-corrected chi connectivity index (χ3v) is 3.40. The van der Waals surface area contributed by atoms with E-state index < -0.39 is 0 Å². The average molecular weight is 261 g/mol. The van der Waals surface area contributed by atoms with Gasteiger partial charge in [-0.25, -0.2) is 4.98 Å². The van der Waals surface area contributed by atoms with Gasteiger partial charge in [0, 0.05) is 18.1 Å². The first-order chi connectivity index (χ1) is 8.60. The van der Waals surface area contributed by atoms with Gasteiger partial charge in [-0.2, -0.15) is 0 Å². The Kier molecular flexibility index (Phi) is 3.62. The van der Waals surface area contributed by atoms with Crippen LogP contribution in [0.15, 0.2) is 23.6 Å². The standard InChI is InChI=1S/C13H15N3OS/c1-8-4-5-10(11(6-8)14-3)12(17)16-13-15-9(2)7-18-13/h4-7,14H,1-3H3,(H,15,16,17). The predicted molar refractivity (Wildman–Crippen MR) is 75.5 cm³/mol. The second-order valence-electron chi connectivity index (χ2n) is 4.05. The molecular weight excluding hydrogens is 246 g/mol. The fraction of sp³-hybridized carbons (Fsp3) is 0.231. The van der Waals surface area contributed by atoms with Crippen molar-refractivity contribution in [1.29, 1.82) is 0 Å². The largest absolute Gasteiger partial charge is 0.387 e. The summed E-state index contributed by atoms with van der Waals surface area (Å²) in [6, 6.07) is 5.68. The molecule has 0 aliphatic heterocycles. The molecule has 2 N–H and O–H groups in total. The molecule has 18 heavy (non-hydrogen) atoms. The third-order valence-electron chi connectivity index (χ3n) is 2.53. The maximum Gasteiger partial charge on any atom is 0.259 e. The maximum atomic E-state index is 12.1. The van der Waals surface area contributed by atoms with Crippen molar-refractivity contribution in [1.82, 2.24) is 4.98 Å². The van der Waals surface area contributed by atoms with Gasteiger partial charge < -0.3 is 5.32 Å². The monoisotopic (exact) mass is 261 g/mol. The van der Waals surface area contributed by atoms with Crippen LogP contribution in [-0.2, 0) is 0 Å². The Morgan fingerprint density at radius 1 is 1.33 bits per heavy atom. The van der Waals surface area contributed by atoms with Gasteiger partial charge in [0.05, 0.1) is 11.3 Å². The number of amides is 1. The molecule has 2 aromatic rings. The fourth-order valence-corrected chi connectivity index (χ4v) is 2.32. The Labute approximate surface area is 110 Å². The average Bonchev–Trinajstić information content (AvgIpc) is 2.74. The van der Waals surface area contributed by atoms with Crippen molar-refractivity contribution < 1.29 is 4.79 Å². The minimum absolute atomic E-state index is 0.145. The van der Waals surface area contributed by atoms with E-state index in [1.807, 2.05) is 37.4 Å². The van der Waals surface area contributed by atoms with Crippen molar-refractivity contribution in [2.75, 3.05) is 17.7 Å². The van der Waals surface area contributed by atoms with E-state index in [4.69, 9.17) is 0 Å². The molecule has 1 heterocycles. The van der Waals surface area contributed by atoms with E-state index in [0.29, 0.717) is 10.7 Å². The van der Waals surface area contributed by atoms with Crippen molar-refractivity contribution in [3.63, 3.8) is 0 Å². The summed E-state index contributed by atoms with van der Waals surface area (Å²) >= 11 is 1.43. The zero-order valence-electron chi connectivity index (χ0n) is 10.6. The van der Waals surface area contributed by atoms with Crippen molar-refractivity contribution in [2.24, 2.45) is 0 Å². The topological polar surface area (TPSA) is 54.0 Å². The van der Waals surface area contributed by atoms with Gasteiger partial charge in [-0.3, -0.25) is 10.1 Å². The van der Waals surface area contributed by atoms with E-state index in [1.54, 1.807) is 7.05 Å². The van der Waals surface area contributed by atoms with Crippen LogP contribution in [0.2, 0.25) is 0 Å². The van der Waals surface area contributed by atoms with Crippen LogP contribution in [0.5, 0.6) is 0 Å². The summed E-state index contributed by atoms with van der Waals surface area (Å²) in [6.07, 6.45) is 0. The Morgan fingerprint density at radius 3 is 2.72 bits per heavy atom. The molecular formula is C13H15N3OS. The molecule has 0 fully saturated rings. The quantitative estimate of drug-likeness (QED) is 0.892. The van der Waals surface area contributed by atoms with Gasteiger partial charge in [0.25, 0.3) is 5.91 Å². The normalized spacial score (nSPS) is 10.2. The first kappa shape index (κ1) is 12.6. The number of benzene rings is 1. The maximum absolute atomic E-state index is 12.1. The lowest BCUT2D eigenvalue weighted by atomic mass is 10.1. The van der Waals surface area contributed by atoms with Crippen LogP contribution in [0.4, 0.5) is 10.8 Å². The van der Waals surface area contributed by atoms with Gasteiger partial charge in [0.15, 0.2) is 5.13 Å². The SMILES string of the molecule is CNc1cc(C)ccc1C(=O)Nc1nc(C)cs1. The number of aromatic nitrogens is 1. The molecule has 0 bridgehead atoms. The van der Waals surface area contributed by atoms with E-state index in [0.717, 1.165) is 16.9 Å². The Bertz CT molecular complexity index is 577. The van der Waals surface area contributed by atoms with Gasteiger partial charge in [-0.1, -0.05) is 6.07 Å². The Morgan fingerprint density at radius 2 is 2.11 bits per heavy atom. The van der Waals surface area contributed by atoms with Crippen LogP contribution in [0.25, 0.3) is 0 Å². The van der Waals surface area contributed by atoms with E-state index in [9.17, 15) is 4.79 Å². The number of hydrogen-bond acceptors (Lipinski definition) is 4. The molecule has 2 rings (SSSR count). The lowest BCUT2D eigenvalue weighted by Crippen LogP contribution is -2.14. The lowest BCUT2D eigenvalue weighted by Gasteiger charge is -2.09. The summed E-state index contributed by atoms with van der Waals surface area (Å²) in [6.45, 7) is 3.89. The first-order valence-electron chi connectivity index (χ1n) is 5.62. The van der Waals surface area contributed by atoms with Crippen LogP contribution in [-0.4, -0.2) is 17.9 Å². The van der Waals surface area contributed by atoms with Gasteiger partial charge in [-0.15, -0.1) is 11.3 Å². The number of hydrogen-bond donors (Lipinski definition) is 2. The fourth-order valence-electron chi connectivity index (χ4n) is 1.64. The second kappa shape index (κ2) is 5.18. The molecule has 0 spiro atoms. The van der Waals surface area contributed by atoms with Gasteiger partial charge >= 0.3 is 0 Å². The predicted octanol–water partition coefficient (Wildman–Crippen LogP) is 3.05. The van der Waals surface area contributed by atoms with E-state index in [-0.39, 0.29) is 5.91 Å². The van der Waals surface area contributed by atoms with Crippen LogP contribution in [0, 0.1) is 13.8 Å².